The van der Waals surface area contributed by atoms with Gasteiger partial charge in [0.2, 0.25) is 0 Å². The summed E-state index contributed by atoms with van der Waals surface area (Å²) in [5, 5.41) is 8.97. The largest absolute Gasteiger partial charge is 0.465 e. The van der Waals surface area contributed by atoms with Crippen LogP contribution in [0.5, 0.6) is 0 Å². The van der Waals surface area contributed by atoms with Crippen molar-refractivity contribution < 1.29 is 14.7 Å². The van der Waals surface area contributed by atoms with Gasteiger partial charge in [-0.2, -0.15) is 0 Å². The van der Waals surface area contributed by atoms with Gasteiger partial charge in [-0.05, 0) is 18.1 Å². The number of primary amides is 1. The number of pyridine rings is 1. The minimum atomic E-state index is -0.976. The molecule has 19 heavy (non-hydrogen) atoms. The van der Waals surface area contributed by atoms with Crippen molar-refractivity contribution in [3.63, 3.8) is 0 Å². The van der Waals surface area contributed by atoms with Crippen molar-refractivity contribution in [3.8, 4) is 0 Å². The summed E-state index contributed by atoms with van der Waals surface area (Å²) in [7, 11) is 0. The van der Waals surface area contributed by atoms with Crippen LogP contribution in [0.15, 0.2) is 18.3 Å². The van der Waals surface area contributed by atoms with Gasteiger partial charge in [0.25, 0.3) is 5.91 Å². The van der Waals surface area contributed by atoms with E-state index in [2.05, 4.69) is 4.98 Å². The highest BCUT2D eigenvalue weighted by Gasteiger charge is 2.19. The third-order valence-corrected chi connectivity index (χ3v) is 2.95. The van der Waals surface area contributed by atoms with Gasteiger partial charge in [-0.1, -0.05) is 6.08 Å². The van der Waals surface area contributed by atoms with Crippen LogP contribution >= 0.6 is 0 Å². The molecule has 7 heteroatoms. The third-order valence-electron chi connectivity index (χ3n) is 2.95. The fourth-order valence-electron chi connectivity index (χ4n) is 1.95. The van der Waals surface area contributed by atoms with Crippen LogP contribution in [0.2, 0.25) is 0 Å². The zero-order chi connectivity index (χ0) is 14.0. The topological polar surface area (TPSA) is 123 Å². The Morgan fingerprint density at radius 1 is 1.42 bits per heavy atom. The molecule has 0 radical (unpaired) electrons. The average molecular weight is 262 g/mol. The fraction of sp³-hybridized carbons (Fsp3) is 0.250. The monoisotopic (exact) mass is 262 g/mol. The second-order valence-corrected chi connectivity index (χ2v) is 4.24. The lowest BCUT2D eigenvalue weighted by molar-refractivity contribution is 0.100. The van der Waals surface area contributed by atoms with Gasteiger partial charge < -0.3 is 21.5 Å². The van der Waals surface area contributed by atoms with Crippen molar-refractivity contribution >= 4 is 23.3 Å². The first-order valence-electron chi connectivity index (χ1n) is 5.71. The summed E-state index contributed by atoms with van der Waals surface area (Å²) in [6, 6.07) is 1.49. The highest BCUT2D eigenvalue weighted by atomic mass is 16.4. The molecule has 0 fully saturated rings. The fourth-order valence-corrected chi connectivity index (χ4v) is 1.95. The number of aromatic nitrogens is 1. The molecule has 1 aromatic heterocycles. The van der Waals surface area contributed by atoms with Crippen LogP contribution < -0.4 is 11.5 Å². The van der Waals surface area contributed by atoms with Gasteiger partial charge in [-0.15, -0.1) is 0 Å². The van der Waals surface area contributed by atoms with E-state index in [-0.39, 0.29) is 17.8 Å². The van der Waals surface area contributed by atoms with Crippen molar-refractivity contribution in [2.45, 2.75) is 6.42 Å². The number of nitrogens with two attached hydrogens (primary N) is 2. The van der Waals surface area contributed by atoms with Crippen LogP contribution in [-0.4, -0.2) is 40.1 Å². The molecule has 2 amide bonds. The highest BCUT2D eigenvalue weighted by Crippen LogP contribution is 2.22. The van der Waals surface area contributed by atoms with E-state index in [9.17, 15) is 9.59 Å². The minimum absolute atomic E-state index is 0.193. The van der Waals surface area contributed by atoms with Crippen LogP contribution in [-0.2, 0) is 0 Å². The van der Waals surface area contributed by atoms with E-state index >= 15 is 0 Å². The lowest BCUT2D eigenvalue weighted by Gasteiger charge is -2.24. The maximum atomic E-state index is 11.2. The molecule has 5 N–H and O–H groups in total. The number of nitrogen functional groups attached to an aromatic ring is 1. The van der Waals surface area contributed by atoms with Gasteiger partial charge in [0.15, 0.2) is 0 Å². The molecule has 2 rings (SSSR count). The maximum Gasteiger partial charge on any atom is 0.407 e. The molecule has 1 aromatic rings. The molecule has 0 unspecified atom stereocenters. The van der Waals surface area contributed by atoms with Crippen LogP contribution in [0, 0.1) is 0 Å². The summed E-state index contributed by atoms with van der Waals surface area (Å²) < 4.78 is 0. The Balaban J connectivity index is 2.32. The molecule has 0 aromatic carbocycles. The molecule has 0 saturated carbocycles. The smallest absolute Gasteiger partial charge is 0.407 e. The Labute approximate surface area is 109 Å². The number of amides is 2. The molecule has 2 heterocycles. The summed E-state index contributed by atoms with van der Waals surface area (Å²) in [4.78, 5) is 27.6. The van der Waals surface area contributed by atoms with Crippen LogP contribution in [0.4, 0.5) is 10.5 Å². The Morgan fingerprint density at radius 3 is 2.79 bits per heavy atom. The number of nitrogens with zero attached hydrogens (tertiary/aromatic N) is 2. The zero-order valence-corrected chi connectivity index (χ0v) is 10.2. The molecule has 0 spiro atoms. The van der Waals surface area contributed by atoms with Gasteiger partial charge >= 0.3 is 6.09 Å². The Morgan fingerprint density at radius 2 is 2.16 bits per heavy atom. The van der Waals surface area contributed by atoms with E-state index < -0.39 is 12.0 Å². The Kier molecular flexibility index (Phi) is 3.37. The standard InChI is InChI=1S/C12H14N4O3/c13-9-5-15-10(4-8(9)11(14)17)7-2-1-3-16(6-7)12(18)19/h2,4-5H,1,3,6,13H2,(H2,14,17)(H,18,19). The summed E-state index contributed by atoms with van der Waals surface area (Å²) in [6.07, 6.45) is 2.90. The van der Waals surface area contributed by atoms with E-state index in [1.807, 2.05) is 6.08 Å². The number of carbonyl (C=O) groups excluding carboxylic acids is 1. The summed E-state index contributed by atoms with van der Waals surface area (Å²) in [6.45, 7) is 0.695. The van der Waals surface area contributed by atoms with Gasteiger partial charge in [-0.25, -0.2) is 4.79 Å². The average Bonchev–Trinajstić information content (AvgIpc) is 2.39. The van der Waals surface area contributed by atoms with Crippen molar-refractivity contribution in [1.82, 2.24) is 9.88 Å². The van der Waals surface area contributed by atoms with Crippen LogP contribution in [0.3, 0.4) is 0 Å². The molecule has 0 aliphatic carbocycles. The van der Waals surface area contributed by atoms with Crippen LogP contribution in [0.25, 0.3) is 5.57 Å². The number of rotatable bonds is 2. The molecule has 0 saturated heterocycles. The zero-order valence-electron chi connectivity index (χ0n) is 10.2. The second kappa shape index (κ2) is 4.97. The van der Waals surface area contributed by atoms with Gasteiger partial charge in [0.1, 0.15) is 0 Å². The lowest BCUT2D eigenvalue weighted by Crippen LogP contribution is -2.34. The number of anilines is 1. The van der Waals surface area contributed by atoms with E-state index in [1.54, 1.807) is 0 Å². The first kappa shape index (κ1) is 12.9. The van der Waals surface area contributed by atoms with Gasteiger partial charge in [0.05, 0.1) is 29.7 Å². The summed E-state index contributed by atoms with van der Waals surface area (Å²) in [5.41, 5.74) is 12.5. The second-order valence-electron chi connectivity index (χ2n) is 4.24. The maximum absolute atomic E-state index is 11.2. The van der Waals surface area contributed by atoms with E-state index in [1.165, 1.54) is 17.2 Å². The summed E-state index contributed by atoms with van der Waals surface area (Å²) >= 11 is 0. The van der Waals surface area contributed by atoms with Gasteiger partial charge in [0, 0.05) is 6.54 Å². The van der Waals surface area contributed by atoms with Crippen molar-refractivity contribution in [2.24, 2.45) is 5.73 Å². The van der Waals surface area contributed by atoms with E-state index in [4.69, 9.17) is 16.6 Å². The van der Waals surface area contributed by atoms with Crippen molar-refractivity contribution in [3.05, 3.63) is 29.6 Å². The van der Waals surface area contributed by atoms with Crippen molar-refractivity contribution in [1.29, 1.82) is 0 Å². The lowest BCUT2D eigenvalue weighted by atomic mass is 10.0. The quantitative estimate of drug-likeness (QED) is 0.717. The highest BCUT2D eigenvalue weighted by molar-refractivity contribution is 5.98. The molecular formula is C12H14N4O3. The number of carbonyl (C=O) groups is 2. The first-order valence-corrected chi connectivity index (χ1v) is 5.71. The number of carboxylic acid groups (broad SMARTS) is 1. The number of hydrogen-bond acceptors (Lipinski definition) is 4. The van der Waals surface area contributed by atoms with Crippen LogP contribution in [0.1, 0.15) is 22.5 Å². The Hall–Kier alpha value is -2.57. The summed E-state index contributed by atoms with van der Waals surface area (Å²) in [5.74, 6) is -0.632. The first-order chi connectivity index (χ1) is 8.99. The molecule has 7 nitrogen and oxygen atoms in total. The molecule has 0 atom stereocenters. The van der Waals surface area contributed by atoms with Crippen molar-refractivity contribution in [2.75, 3.05) is 18.8 Å². The SMILES string of the molecule is NC(=O)c1cc(C2=CCCN(C(=O)O)C2)ncc1N. The predicted octanol–water partition coefficient (Wildman–Crippen LogP) is 0.530. The normalized spacial score (nSPS) is 14.9. The number of hydrogen-bond donors (Lipinski definition) is 3. The molecule has 0 bridgehead atoms. The molecule has 1 aliphatic heterocycles. The third kappa shape index (κ3) is 2.65. The molecule has 1 aliphatic rings. The van der Waals surface area contributed by atoms with Gasteiger partial charge in [-0.3, -0.25) is 9.78 Å². The molecule has 100 valence electrons. The van der Waals surface area contributed by atoms with E-state index in [0.717, 1.165) is 5.57 Å². The molecular weight excluding hydrogens is 248 g/mol. The predicted molar refractivity (Wildman–Crippen MR) is 69.4 cm³/mol. The minimum Gasteiger partial charge on any atom is -0.465 e. The Bertz CT molecular complexity index is 568. The van der Waals surface area contributed by atoms with E-state index in [0.29, 0.717) is 18.7 Å².